The van der Waals surface area contributed by atoms with Gasteiger partial charge in [-0.3, -0.25) is 0 Å². The van der Waals surface area contributed by atoms with E-state index in [0.717, 1.165) is 33.9 Å². The van der Waals surface area contributed by atoms with Crippen LogP contribution in [0, 0.1) is 0 Å². The lowest BCUT2D eigenvalue weighted by molar-refractivity contribution is 0.660. The zero-order valence-corrected chi connectivity index (χ0v) is 29.9. The van der Waals surface area contributed by atoms with Crippen LogP contribution in [0.4, 0.5) is 0 Å². The second-order valence-corrected chi connectivity index (χ2v) is 15.4. The van der Waals surface area contributed by atoms with Crippen LogP contribution in [-0.2, 0) is 10.8 Å². The maximum atomic E-state index is 5.35. The van der Waals surface area contributed by atoms with Crippen molar-refractivity contribution < 1.29 is 0 Å². The number of benzene rings is 7. The molecule has 248 valence electrons. The topological polar surface area (TPSA) is 25.8 Å². The zero-order chi connectivity index (χ0) is 35.2. The summed E-state index contributed by atoms with van der Waals surface area (Å²) in [5, 5.41) is 2.55. The fourth-order valence-electron chi connectivity index (χ4n) is 9.05. The second-order valence-electron chi connectivity index (χ2n) is 15.4. The van der Waals surface area contributed by atoms with E-state index in [-0.39, 0.29) is 10.8 Å². The largest absolute Gasteiger partial charge is 0.228 e. The molecule has 0 saturated carbocycles. The second kappa shape index (κ2) is 11.2. The summed E-state index contributed by atoms with van der Waals surface area (Å²) in [5.41, 5.74) is 17.9. The van der Waals surface area contributed by atoms with E-state index in [4.69, 9.17) is 9.97 Å². The summed E-state index contributed by atoms with van der Waals surface area (Å²) in [5.74, 6) is 0.724. The molecule has 0 aliphatic heterocycles. The Balaban J connectivity index is 1.22. The van der Waals surface area contributed by atoms with E-state index < -0.39 is 0 Å². The molecule has 2 aliphatic carbocycles. The minimum Gasteiger partial charge on any atom is -0.228 e. The first kappa shape index (κ1) is 30.7. The van der Waals surface area contributed by atoms with Crippen molar-refractivity contribution in [1.82, 2.24) is 9.97 Å². The molecule has 0 spiro atoms. The lowest BCUT2D eigenvalue weighted by atomic mass is 9.81. The normalized spacial score (nSPS) is 14.5. The van der Waals surface area contributed by atoms with Gasteiger partial charge in [0.2, 0.25) is 0 Å². The molecule has 0 N–H and O–H groups in total. The van der Waals surface area contributed by atoms with Gasteiger partial charge in [0.25, 0.3) is 0 Å². The average Bonchev–Trinajstić information content (AvgIpc) is 3.56. The highest BCUT2D eigenvalue weighted by Crippen LogP contribution is 2.55. The molecule has 1 heterocycles. The Bertz CT molecular complexity index is 2730. The predicted molar refractivity (Wildman–Crippen MR) is 216 cm³/mol. The molecule has 0 radical (unpaired) electrons. The molecular formula is C50H38N2. The van der Waals surface area contributed by atoms with Gasteiger partial charge in [0.15, 0.2) is 5.82 Å². The molecule has 8 aromatic rings. The van der Waals surface area contributed by atoms with Gasteiger partial charge in [-0.1, -0.05) is 167 Å². The van der Waals surface area contributed by atoms with Gasteiger partial charge in [-0.15, -0.1) is 0 Å². The molecule has 2 aliphatic rings. The van der Waals surface area contributed by atoms with Gasteiger partial charge in [0, 0.05) is 27.5 Å². The third kappa shape index (κ3) is 4.43. The molecule has 2 nitrogen and oxygen atoms in total. The van der Waals surface area contributed by atoms with Gasteiger partial charge in [-0.25, -0.2) is 9.97 Å². The Labute approximate surface area is 305 Å². The van der Waals surface area contributed by atoms with Crippen molar-refractivity contribution >= 4 is 10.8 Å². The number of hydrogen-bond donors (Lipinski definition) is 0. The lowest BCUT2D eigenvalue weighted by Gasteiger charge is -2.22. The molecule has 0 fully saturated rings. The van der Waals surface area contributed by atoms with E-state index >= 15 is 0 Å². The van der Waals surface area contributed by atoms with Crippen LogP contribution in [0.15, 0.2) is 158 Å². The Kier molecular flexibility index (Phi) is 6.60. The van der Waals surface area contributed by atoms with Crippen LogP contribution in [0.1, 0.15) is 49.9 Å². The Morgan fingerprint density at radius 1 is 0.346 bits per heavy atom. The zero-order valence-electron chi connectivity index (χ0n) is 29.9. The fraction of sp³-hybridized carbons (Fsp3) is 0.120. The molecule has 7 aromatic carbocycles. The summed E-state index contributed by atoms with van der Waals surface area (Å²) in [7, 11) is 0. The van der Waals surface area contributed by atoms with Crippen LogP contribution < -0.4 is 0 Å². The Morgan fingerprint density at radius 3 is 1.58 bits per heavy atom. The minimum atomic E-state index is -0.125. The number of aromatic nitrogens is 2. The summed E-state index contributed by atoms with van der Waals surface area (Å²) >= 11 is 0. The van der Waals surface area contributed by atoms with Crippen molar-refractivity contribution in [3.63, 3.8) is 0 Å². The van der Waals surface area contributed by atoms with Gasteiger partial charge < -0.3 is 0 Å². The third-order valence-electron chi connectivity index (χ3n) is 11.7. The molecule has 1 aromatic heterocycles. The molecule has 0 amide bonds. The number of nitrogens with zero attached hydrogens (tertiary/aromatic N) is 2. The molecule has 52 heavy (non-hydrogen) atoms. The van der Waals surface area contributed by atoms with Crippen molar-refractivity contribution in [2.45, 2.75) is 38.5 Å². The van der Waals surface area contributed by atoms with Gasteiger partial charge in [0.1, 0.15) is 0 Å². The Hall–Kier alpha value is -6.12. The summed E-state index contributed by atoms with van der Waals surface area (Å²) in [6, 6.07) is 57.3. The van der Waals surface area contributed by atoms with Crippen LogP contribution in [-0.4, -0.2) is 9.97 Å². The maximum absolute atomic E-state index is 5.35. The fourth-order valence-corrected chi connectivity index (χ4v) is 9.05. The molecule has 0 bridgehead atoms. The van der Waals surface area contributed by atoms with Crippen molar-refractivity contribution in [1.29, 1.82) is 0 Å². The summed E-state index contributed by atoms with van der Waals surface area (Å²) < 4.78 is 0. The highest BCUT2D eigenvalue weighted by Gasteiger charge is 2.38. The molecular weight excluding hydrogens is 629 g/mol. The van der Waals surface area contributed by atoms with Crippen molar-refractivity contribution in [3.05, 3.63) is 180 Å². The van der Waals surface area contributed by atoms with Crippen LogP contribution in [0.3, 0.4) is 0 Å². The van der Waals surface area contributed by atoms with Crippen LogP contribution in [0.5, 0.6) is 0 Å². The van der Waals surface area contributed by atoms with E-state index in [9.17, 15) is 0 Å². The number of fused-ring (bicyclic) bond motifs is 7. The van der Waals surface area contributed by atoms with E-state index in [2.05, 4.69) is 179 Å². The highest BCUT2D eigenvalue weighted by molar-refractivity contribution is 6.01. The van der Waals surface area contributed by atoms with Gasteiger partial charge in [0.05, 0.1) is 11.4 Å². The van der Waals surface area contributed by atoms with Crippen LogP contribution in [0.2, 0.25) is 0 Å². The van der Waals surface area contributed by atoms with E-state index in [0.29, 0.717) is 0 Å². The molecule has 0 unspecified atom stereocenters. The van der Waals surface area contributed by atoms with E-state index in [1.807, 2.05) is 6.07 Å². The predicted octanol–water partition coefficient (Wildman–Crippen LogP) is 12.9. The first-order valence-electron chi connectivity index (χ1n) is 18.3. The first-order valence-corrected chi connectivity index (χ1v) is 18.3. The SMILES string of the molecule is CC1(C)c2ccccc2-c2c(-c3cc(-c4ccccc4-c4cccc5c4-c4cc6ccccc6cc4C5(C)C)nc(-c4ccccc4)n3)cccc21. The summed E-state index contributed by atoms with van der Waals surface area (Å²) in [4.78, 5) is 10.7. The summed E-state index contributed by atoms with van der Waals surface area (Å²) in [6.45, 7) is 9.39. The first-order chi connectivity index (χ1) is 25.3. The van der Waals surface area contributed by atoms with Crippen LogP contribution >= 0.6 is 0 Å². The maximum Gasteiger partial charge on any atom is 0.160 e. The molecule has 0 saturated heterocycles. The van der Waals surface area contributed by atoms with Gasteiger partial charge in [-0.05, 0) is 84.6 Å². The van der Waals surface area contributed by atoms with Crippen molar-refractivity contribution in [2.24, 2.45) is 0 Å². The molecule has 2 heteroatoms. The van der Waals surface area contributed by atoms with Gasteiger partial charge in [-0.2, -0.15) is 0 Å². The highest BCUT2D eigenvalue weighted by atomic mass is 14.9. The third-order valence-corrected chi connectivity index (χ3v) is 11.7. The lowest BCUT2D eigenvalue weighted by Crippen LogP contribution is -2.14. The number of hydrogen-bond acceptors (Lipinski definition) is 2. The van der Waals surface area contributed by atoms with Crippen molar-refractivity contribution in [2.75, 3.05) is 0 Å². The average molecular weight is 667 g/mol. The monoisotopic (exact) mass is 666 g/mol. The van der Waals surface area contributed by atoms with E-state index in [1.165, 1.54) is 66.4 Å². The van der Waals surface area contributed by atoms with Crippen LogP contribution in [0.25, 0.3) is 78.1 Å². The van der Waals surface area contributed by atoms with E-state index in [1.54, 1.807) is 0 Å². The van der Waals surface area contributed by atoms with Crippen molar-refractivity contribution in [3.8, 4) is 67.3 Å². The summed E-state index contributed by atoms with van der Waals surface area (Å²) in [6.07, 6.45) is 0. The minimum absolute atomic E-state index is 0.101. The standard InChI is InChI=1S/C50H38N2/c1-49(2)40-25-13-12-22-37(40)47-38(24-15-27-42(47)49)45-30-44(51-48(52-45)31-16-6-5-7-17-31)35-21-11-10-20-34(35)36-23-14-26-41-46(36)39-28-32-18-8-9-19-33(32)29-43(39)50(41,3)4/h5-30H,1-4H3. The quantitative estimate of drug-likeness (QED) is 0.187. The number of rotatable bonds is 4. The Morgan fingerprint density at radius 2 is 0.846 bits per heavy atom. The smallest absolute Gasteiger partial charge is 0.160 e. The molecule has 0 atom stereocenters. The molecule has 10 rings (SSSR count). The van der Waals surface area contributed by atoms with Gasteiger partial charge >= 0.3 is 0 Å².